The maximum absolute atomic E-state index is 11.7. The zero-order valence-electron chi connectivity index (χ0n) is 10.1. The number of carbonyl (C=O) groups excluding carboxylic acids is 1. The Kier molecular flexibility index (Phi) is 2.84. The van der Waals surface area contributed by atoms with Crippen LogP contribution in [-0.2, 0) is 11.8 Å². The lowest BCUT2D eigenvalue weighted by Crippen LogP contribution is -2.26. The lowest BCUT2D eigenvalue weighted by atomic mass is 10.1. The molecule has 0 fully saturated rings. The van der Waals surface area contributed by atoms with E-state index in [2.05, 4.69) is 20.6 Å². The predicted octanol–water partition coefficient (Wildman–Crippen LogP) is 0.138. The molecule has 0 aromatic carbocycles. The Labute approximate surface area is 98.4 Å². The fraction of sp³-hybridized carbons (Fsp3) is 0.500. The van der Waals surface area contributed by atoms with Crippen LogP contribution >= 0.6 is 0 Å². The van der Waals surface area contributed by atoms with Crippen molar-refractivity contribution in [1.82, 2.24) is 20.0 Å². The summed E-state index contributed by atoms with van der Waals surface area (Å²) in [6, 6.07) is 0. The second-order valence-corrected chi connectivity index (χ2v) is 4.13. The third-order valence-corrected chi connectivity index (χ3v) is 2.76. The molecule has 0 aliphatic rings. The molecule has 92 valence electrons. The molecule has 0 saturated carbocycles. The third-order valence-electron chi connectivity index (χ3n) is 2.76. The normalized spacial score (nSPS) is 12.9. The highest BCUT2D eigenvalue weighted by Gasteiger charge is 2.17. The first-order valence-electron chi connectivity index (χ1n) is 5.43. The van der Waals surface area contributed by atoms with E-state index < -0.39 is 0 Å². The van der Waals surface area contributed by atoms with Gasteiger partial charge in [-0.15, -0.1) is 0 Å². The summed E-state index contributed by atoms with van der Waals surface area (Å²) in [4.78, 5) is 11.7. The Hall–Kier alpha value is -1.89. The molecule has 2 rings (SSSR count). The average molecular weight is 236 g/mol. The van der Waals surface area contributed by atoms with Crippen LogP contribution < -0.4 is 11.1 Å². The smallest absolute Gasteiger partial charge is 0.229 e. The fourth-order valence-electron chi connectivity index (χ4n) is 1.68. The van der Waals surface area contributed by atoms with Crippen LogP contribution in [0.4, 0.5) is 5.82 Å². The molecule has 0 saturated heterocycles. The van der Waals surface area contributed by atoms with E-state index in [1.54, 1.807) is 11.6 Å². The number of nitrogens with one attached hydrogen (secondary N) is 2. The maximum atomic E-state index is 11.7. The van der Waals surface area contributed by atoms with Gasteiger partial charge in [0.25, 0.3) is 0 Å². The molecule has 7 nitrogen and oxygen atoms in total. The Morgan fingerprint density at radius 3 is 3.00 bits per heavy atom. The van der Waals surface area contributed by atoms with Crippen molar-refractivity contribution < 1.29 is 4.79 Å². The lowest BCUT2D eigenvalue weighted by Gasteiger charge is -2.07. The number of nitrogens with zero attached hydrogens (tertiary/aromatic N) is 3. The summed E-state index contributed by atoms with van der Waals surface area (Å²) in [5.74, 6) is 0.225. The number of aromatic nitrogens is 4. The Morgan fingerprint density at radius 2 is 2.35 bits per heavy atom. The number of hydrogen-bond donors (Lipinski definition) is 3. The fourth-order valence-corrected chi connectivity index (χ4v) is 1.68. The van der Waals surface area contributed by atoms with Crippen molar-refractivity contribution in [3.05, 3.63) is 5.69 Å². The number of nitrogens with two attached hydrogens (primary N) is 1. The molecule has 7 heteroatoms. The number of aromatic amines is 1. The topological polar surface area (TPSA) is 102 Å². The number of amides is 1. The first-order valence-corrected chi connectivity index (χ1v) is 5.43. The minimum atomic E-state index is -0.231. The van der Waals surface area contributed by atoms with Gasteiger partial charge in [0.1, 0.15) is 5.82 Å². The number of carbonyl (C=O) groups is 1. The van der Waals surface area contributed by atoms with E-state index in [4.69, 9.17) is 5.73 Å². The molecule has 0 bridgehead atoms. The van der Waals surface area contributed by atoms with E-state index in [-0.39, 0.29) is 11.8 Å². The van der Waals surface area contributed by atoms with Crippen LogP contribution in [0.3, 0.4) is 0 Å². The van der Waals surface area contributed by atoms with Gasteiger partial charge in [0, 0.05) is 19.5 Å². The molecule has 2 aromatic rings. The van der Waals surface area contributed by atoms with Gasteiger partial charge in [0.2, 0.25) is 5.91 Å². The van der Waals surface area contributed by atoms with Crippen molar-refractivity contribution in [3.63, 3.8) is 0 Å². The van der Waals surface area contributed by atoms with Gasteiger partial charge in [0.05, 0.1) is 11.1 Å². The molecule has 2 heterocycles. The molecule has 0 spiro atoms. The summed E-state index contributed by atoms with van der Waals surface area (Å²) >= 11 is 0. The predicted molar refractivity (Wildman–Crippen MR) is 64.4 cm³/mol. The minimum Gasteiger partial charge on any atom is -0.330 e. The number of anilines is 1. The summed E-state index contributed by atoms with van der Waals surface area (Å²) in [5.41, 5.74) is 6.99. The number of rotatable bonds is 3. The summed E-state index contributed by atoms with van der Waals surface area (Å²) in [6.45, 7) is 3.97. The van der Waals surface area contributed by atoms with E-state index >= 15 is 0 Å². The molecule has 0 radical (unpaired) electrons. The van der Waals surface area contributed by atoms with E-state index in [9.17, 15) is 4.79 Å². The first kappa shape index (κ1) is 11.6. The molecule has 17 heavy (non-hydrogen) atoms. The SMILES string of the molecule is Cc1nn(C)c2n[nH]c(NC(=O)C(C)CN)c12. The monoisotopic (exact) mass is 236 g/mol. The largest absolute Gasteiger partial charge is 0.330 e. The summed E-state index contributed by atoms with van der Waals surface area (Å²) < 4.78 is 1.67. The van der Waals surface area contributed by atoms with Crippen molar-refractivity contribution >= 4 is 22.8 Å². The molecule has 1 atom stereocenters. The molecule has 1 unspecified atom stereocenters. The van der Waals surface area contributed by atoms with Gasteiger partial charge >= 0.3 is 0 Å². The molecule has 1 amide bonds. The van der Waals surface area contributed by atoms with Crippen LogP contribution in [0.1, 0.15) is 12.6 Å². The highest BCUT2D eigenvalue weighted by Crippen LogP contribution is 2.23. The van der Waals surface area contributed by atoms with Crippen molar-refractivity contribution in [2.75, 3.05) is 11.9 Å². The second kappa shape index (κ2) is 4.17. The van der Waals surface area contributed by atoms with Crippen molar-refractivity contribution in [2.24, 2.45) is 18.7 Å². The summed E-state index contributed by atoms with van der Waals surface area (Å²) in [5, 5.41) is 14.8. The van der Waals surface area contributed by atoms with Crippen molar-refractivity contribution in [1.29, 1.82) is 0 Å². The van der Waals surface area contributed by atoms with Crippen LogP contribution in [0, 0.1) is 12.8 Å². The Morgan fingerprint density at radius 1 is 1.65 bits per heavy atom. The average Bonchev–Trinajstić information content (AvgIpc) is 2.82. The van der Waals surface area contributed by atoms with E-state index in [0.717, 1.165) is 16.7 Å². The van der Waals surface area contributed by atoms with E-state index in [1.807, 2.05) is 14.0 Å². The zero-order valence-corrected chi connectivity index (χ0v) is 10.1. The second-order valence-electron chi connectivity index (χ2n) is 4.13. The maximum Gasteiger partial charge on any atom is 0.229 e. The zero-order chi connectivity index (χ0) is 12.6. The minimum absolute atomic E-state index is 0.124. The van der Waals surface area contributed by atoms with E-state index in [1.165, 1.54) is 0 Å². The molecule has 2 aromatic heterocycles. The number of hydrogen-bond acceptors (Lipinski definition) is 4. The van der Waals surface area contributed by atoms with Gasteiger partial charge in [-0.25, -0.2) is 4.68 Å². The van der Waals surface area contributed by atoms with Crippen molar-refractivity contribution in [3.8, 4) is 0 Å². The van der Waals surface area contributed by atoms with Crippen LogP contribution in [0.15, 0.2) is 0 Å². The number of fused-ring (bicyclic) bond motifs is 1. The Bertz CT molecular complexity index is 554. The molecule has 0 aliphatic carbocycles. The highest BCUT2D eigenvalue weighted by molar-refractivity contribution is 6.00. The van der Waals surface area contributed by atoms with Crippen LogP contribution in [0.25, 0.3) is 11.0 Å². The molecule has 4 N–H and O–H groups in total. The van der Waals surface area contributed by atoms with Gasteiger partial charge in [-0.3, -0.25) is 9.89 Å². The highest BCUT2D eigenvalue weighted by atomic mass is 16.1. The standard InChI is InChI=1S/C10H16N6O/c1-5(4-11)10(17)12-8-7-6(2)15-16(3)9(7)14-13-8/h5H,4,11H2,1-3H3,(H2,12,13,14,17). The first-order chi connectivity index (χ1) is 8.04. The van der Waals surface area contributed by atoms with Gasteiger partial charge in [-0.2, -0.15) is 10.2 Å². The van der Waals surface area contributed by atoms with Crippen LogP contribution in [-0.4, -0.2) is 32.4 Å². The van der Waals surface area contributed by atoms with Gasteiger partial charge in [-0.1, -0.05) is 6.92 Å². The lowest BCUT2D eigenvalue weighted by molar-refractivity contribution is -0.119. The third kappa shape index (κ3) is 1.89. The molecular formula is C10H16N6O. The Balaban J connectivity index is 2.34. The van der Waals surface area contributed by atoms with Gasteiger partial charge in [-0.05, 0) is 6.92 Å². The molecule has 0 aliphatic heterocycles. The van der Waals surface area contributed by atoms with E-state index in [0.29, 0.717) is 12.4 Å². The van der Waals surface area contributed by atoms with Crippen LogP contribution in [0.2, 0.25) is 0 Å². The summed E-state index contributed by atoms with van der Waals surface area (Å²) in [6.07, 6.45) is 0. The van der Waals surface area contributed by atoms with Crippen LogP contribution in [0.5, 0.6) is 0 Å². The summed E-state index contributed by atoms with van der Waals surface area (Å²) in [7, 11) is 1.81. The van der Waals surface area contributed by atoms with Gasteiger partial charge in [0.15, 0.2) is 5.65 Å². The number of H-pyrrole nitrogens is 1. The van der Waals surface area contributed by atoms with Gasteiger partial charge < -0.3 is 11.1 Å². The number of aryl methyl sites for hydroxylation is 2. The van der Waals surface area contributed by atoms with Crippen molar-refractivity contribution in [2.45, 2.75) is 13.8 Å². The molecular weight excluding hydrogens is 220 g/mol. The quantitative estimate of drug-likeness (QED) is 0.705.